The molecule has 200 valence electrons. The number of hydrogen-bond acceptors (Lipinski definition) is 9. The number of carboxylic acid groups (broad SMARTS) is 1. The van der Waals surface area contributed by atoms with E-state index in [1.807, 2.05) is 32.3 Å². The summed E-state index contributed by atoms with van der Waals surface area (Å²) >= 11 is 0. The van der Waals surface area contributed by atoms with Crippen molar-refractivity contribution in [3.05, 3.63) is 42.9 Å². The molecule has 11 nitrogen and oxygen atoms in total. The zero-order chi connectivity index (χ0) is 27.7. The summed E-state index contributed by atoms with van der Waals surface area (Å²) in [6.45, 7) is 8.67. The average molecular weight is 519 g/mol. The van der Waals surface area contributed by atoms with Gasteiger partial charge < -0.3 is 20.4 Å². The number of benzene rings is 1. The van der Waals surface area contributed by atoms with Crippen LogP contribution in [0.25, 0.3) is 33.4 Å². The summed E-state index contributed by atoms with van der Waals surface area (Å²) in [5.41, 5.74) is 3.74. The van der Waals surface area contributed by atoms with Crippen molar-refractivity contribution in [2.75, 3.05) is 11.9 Å². The molecule has 5 rings (SSSR count). The molecule has 11 heteroatoms. The predicted octanol–water partition coefficient (Wildman–Crippen LogP) is 3.64. The van der Waals surface area contributed by atoms with Crippen LogP contribution in [0.1, 0.15) is 40.5 Å². The number of nitrogens with one attached hydrogen (secondary N) is 1. The molecule has 0 amide bonds. The SMILES string of the molecule is CN(c1ncc(-c2ccc(-c3cnc4c(cnn4C)c3)cc2O)nn1)C1CC(C)(C)NC(C)(C)C1.O=CO. The Morgan fingerprint density at radius 1 is 1.03 bits per heavy atom. The molecule has 0 atom stereocenters. The van der Waals surface area contributed by atoms with E-state index in [2.05, 4.69) is 63.2 Å². The number of nitrogens with zero attached hydrogens (tertiary/aromatic N) is 7. The van der Waals surface area contributed by atoms with Gasteiger partial charge in [-0.1, -0.05) is 6.07 Å². The van der Waals surface area contributed by atoms with E-state index < -0.39 is 0 Å². The van der Waals surface area contributed by atoms with Crippen LogP contribution in [-0.4, -0.2) is 70.8 Å². The molecule has 3 aromatic heterocycles. The van der Waals surface area contributed by atoms with Gasteiger partial charge in [0.1, 0.15) is 11.4 Å². The average Bonchev–Trinajstić information content (AvgIpc) is 3.22. The van der Waals surface area contributed by atoms with Crippen LogP contribution in [0.4, 0.5) is 5.95 Å². The number of pyridine rings is 1. The molecule has 1 aliphatic heterocycles. The smallest absolute Gasteiger partial charge is 0.290 e. The van der Waals surface area contributed by atoms with Crippen LogP contribution in [0.5, 0.6) is 5.75 Å². The van der Waals surface area contributed by atoms with E-state index in [9.17, 15) is 5.11 Å². The molecule has 0 unspecified atom stereocenters. The largest absolute Gasteiger partial charge is 0.507 e. The molecule has 1 fully saturated rings. The summed E-state index contributed by atoms with van der Waals surface area (Å²) < 4.78 is 1.74. The molecule has 0 spiro atoms. The summed E-state index contributed by atoms with van der Waals surface area (Å²) in [5.74, 6) is 0.701. The number of anilines is 1. The van der Waals surface area contributed by atoms with Crippen LogP contribution in [0.15, 0.2) is 42.9 Å². The second kappa shape index (κ2) is 10.3. The fourth-order valence-corrected chi connectivity index (χ4v) is 5.39. The van der Waals surface area contributed by atoms with Crippen molar-refractivity contribution in [2.24, 2.45) is 7.05 Å². The number of aryl methyl sites for hydroxylation is 1. The third-order valence-electron chi connectivity index (χ3n) is 6.76. The highest BCUT2D eigenvalue weighted by molar-refractivity contribution is 5.82. The molecule has 1 aliphatic rings. The minimum atomic E-state index is -0.250. The van der Waals surface area contributed by atoms with Gasteiger partial charge in [-0.15, -0.1) is 10.2 Å². The van der Waals surface area contributed by atoms with Gasteiger partial charge in [-0.2, -0.15) is 5.10 Å². The lowest BCUT2D eigenvalue weighted by Crippen LogP contribution is -2.62. The van der Waals surface area contributed by atoms with E-state index in [-0.39, 0.29) is 23.3 Å². The maximum atomic E-state index is 10.8. The van der Waals surface area contributed by atoms with Crippen LogP contribution in [0.2, 0.25) is 0 Å². The molecule has 0 radical (unpaired) electrons. The lowest BCUT2D eigenvalue weighted by atomic mass is 9.79. The first-order valence-corrected chi connectivity index (χ1v) is 12.3. The molecular formula is C27H34N8O3. The van der Waals surface area contributed by atoms with Gasteiger partial charge in [-0.05, 0) is 64.3 Å². The number of phenols is 1. The summed E-state index contributed by atoms with van der Waals surface area (Å²) in [6.07, 6.45) is 7.22. The van der Waals surface area contributed by atoms with E-state index in [4.69, 9.17) is 9.90 Å². The van der Waals surface area contributed by atoms with Crippen LogP contribution in [-0.2, 0) is 11.8 Å². The van der Waals surface area contributed by atoms with E-state index in [0.717, 1.165) is 35.0 Å². The second-order valence-electron chi connectivity index (χ2n) is 11.0. The Hall–Kier alpha value is -4.12. The van der Waals surface area contributed by atoms with Gasteiger partial charge >= 0.3 is 0 Å². The number of aromatic hydroxyl groups is 1. The number of piperidine rings is 1. The van der Waals surface area contributed by atoms with Gasteiger partial charge in [0.15, 0.2) is 5.65 Å². The lowest BCUT2D eigenvalue weighted by Gasteiger charge is -2.48. The van der Waals surface area contributed by atoms with Gasteiger partial charge in [-0.3, -0.25) is 9.48 Å². The van der Waals surface area contributed by atoms with Crippen LogP contribution in [0, 0.1) is 0 Å². The molecule has 3 N–H and O–H groups in total. The Bertz CT molecular complexity index is 1420. The number of hydrogen-bond donors (Lipinski definition) is 3. The highest BCUT2D eigenvalue weighted by atomic mass is 16.3. The molecule has 1 aromatic carbocycles. The summed E-state index contributed by atoms with van der Waals surface area (Å²) in [4.78, 5) is 19.6. The molecule has 0 saturated carbocycles. The molecule has 4 heterocycles. The highest BCUT2D eigenvalue weighted by Crippen LogP contribution is 2.34. The quantitative estimate of drug-likeness (QED) is 0.343. The monoisotopic (exact) mass is 518 g/mol. The van der Waals surface area contributed by atoms with Crippen LogP contribution in [0.3, 0.4) is 0 Å². The summed E-state index contributed by atoms with van der Waals surface area (Å²) in [5, 5.41) is 35.4. The predicted molar refractivity (Wildman–Crippen MR) is 146 cm³/mol. The van der Waals surface area contributed by atoms with E-state index in [1.54, 1.807) is 29.3 Å². The standard InChI is InChI=1S/C26H32N8O.CH2O2/c1-25(2)11-19(12-26(3,4)32-25)33(5)24-28-15-21(30-31-24)20-8-7-16(10-22(20)35)17-9-18-14-29-34(6)23(18)27-13-17;2-1-3/h7-10,13-15,19,32,35H,11-12H2,1-6H3;1H,(H,2,3). The van der Waals surface area contributed by atoms with Gasteiger partial charge in [0.05, 0.1) is 12.4 Å². The van der Waals surface area contributed by atoms with E-state index in [0.29, 0.717) is 23.2 Å². The normalized spacial score (nSPS) is 16.5. The van der Waals surface area contributed by atoms with Gasteiger partial charge in [-0.25, -0.2) is 9.97 Å². The van der Waals surface area contributed by atoms with Crippen molar-refractivity contribution >= 4 is 23.5 Å². The van der Waals surface area contributed by atoms with Crippen molar-refractivity contribution < 1.29 is 15.0 Å². The maximum Gasteiger partial charge on any atom is 0.290 e. The number of phenolic OH excluding ortho intramolecular Hbond substituents is 1. The third kappa shape index (κ3) is 5.72. The van der Waals surface area contributed by atoms with E-state index in [1.165, 1.54) is 0 Å². The molecule has 1 saturated heterocycles. The van der Waals surface area contributed by atoms with Crippen LogP contribution < -0.4 is 10.2 Å². The first kappa shape index (κ1) is 26.9. The van der Waals surface area contributed by atoms with E-state index >= 15 is 0 Å². The Morgan fingerprint density at radius 2 is 1.71 bits per heavy atom. The second-order valence-corrected chi connectivity index (χ2v) is 11.0. The molecule has 4 aromatic rings. The molecule has 0 aliphatic carbocycles. The Labute approximate surface area is 221 Å². The minimum Gasteiger partial charge on any atom is -0.507 e. The fourth-order valence-electron chi connectivity index (χ4n) is 5.39. The zero-order valence-electron chi connectivity index (χ0n) is 22.5. The van der Waals surface area contributed by atoms with Gasteiger partial charge in [0.2, 0.25) is 5.95 Å². The number of carbonyl (C=O) groups is 1. The van der Waals surface area contributed by atoms with Crippen molar-refractivity contribution in [3.63, 3.8) is 0 Å². The summed E-state index contributed by atoms with van der Waals surface area (Å²) in [6, 6.07) is 7.81. The highest BCUT2D eigenvalue weighted by Gasteiger charge is 2.39. The Morgan fingerprint density at radius 3 is 2.32 bits per heavy atom. The third-order valence-corrected chi connectivity index (χ3v) is 6.76. The van der Waals surface area contributed by atoms with Gasteiger partial charge in [0.25, 0.3) is 6.47 Å². The minimum absolute atomic E-state index is 0.0264. The number of aromatic nitrogens is 6. The topological polar surface area (TPSA) is 142 Å². The molecule has 0 bridgehead atoms. The van der Waals surface area contributed by atoms with Crippen LogP contribution >= 0.6 is 0 Å². The van der Waals surface area contributed by atoms with Crippen molar-refractivity contribution in [1.82, 2.24) is 35.3 Å². The van der Waals surface area contributed by atoms with Crippen molar-refractivity contribution in [2.45, 2.75) is 57.7 Å². The summed E-state index contributed by atoms with van der Waals surface area (Å²) in [7, 11) is 3.89. The maximum absolute atomic E-state index is 10.8. The number of rotatable bonds is 4. The Kier molecular flexibility index (Phi) is 7.32. The Balaban J connectivity index is 0.00000107. The molecular weight excluding hydrogens is 484 g/mol. The fraction of sp³-hybridized carbons (Fsp3) is 0.407. The first-order chi connectivity index (χ1) is 17.9. The van der Waals surface area contributed by atoms with Gasteiger partial charge in [0, 0.05) is 53.9 Å². The van der Waals surface area contributed by atoms with Crippen molar-refractivity contribution in [3.8, 4) is 28.1 Å². The number of fused-ring (bicyclic) bond motifs is 1. The first-order valence-electron chi connectivity index (χ1n) is 12.3. The lowest BCUT2D eigenvalue weighted by molar-refractivity contribution is -0.122. The molecule has 38 heavy (non-hydrogen) atoms. The van der Waals surface area contributed by atoms with Crippen molar-refractivity contribution in [1.29, 1.82) is 0 Å². The zero-order valence-corrected chi connectivity index (χ0v) is 22.5.